The molecule has 0 aromatic carbocycles. The van der Waals surface area contributed by atoms with Crippen LogP contribution >= 0.6 is 0 Å². The van der Waals surface area contributed by atoms with Crippen LogP contribution in [0.4, 0.5) is 0 Å². The number of likely N-dealkylation sites (tertiary alicyclic amines) is 1. The highest BCUT2D eigenvalue weighted by Crippen LogP contribution is 2.19. The number of amides is 1. The van der Waals surface area contributed by atoms with Crippen LogP contribution in [0.2, 0.25) is 0 Å². The highest BCUT2D eigenvalue weighted by molar-refractivity contribution is 5.81. The summed E-state index contributed by atoms with van der Waals surface area (Å²) in [7, 11) is 0. The van der Waals surface area contributed by atoms with Gasteiger partial charge in [0.2, 0.25) is 5.79 Å². The van der Waals surface area contributed by atoms with Crippen LogP contribution in [-0.2, 0) is 9.53 Å². The molecule has 5 nitrogen and oxygen atoms in total. The molecular formula is C24H48N2O3. The van der Waals surface area contributed by atoms with Crippen molar-refractivity contribution >= 4 is 5.91 Å². The fourth-order valence-corrected chi connectivity index (χ4v) is 4.18. The molecule has 0 aliphatic carbocycles. The Balaban J connectivity index is 2.01. The Kier molecular flexibility index (Phi) is 15.5. The predicted octanol–water partition coefficient (Wildman–Crippen LogP) is 5.14. The summed E-state index contributed by atoms with van der Waals surface area (Å²) in [6.07, 6.45) is 20.0. The van der Waals surface area contributed by atoms with Gasteiger partial charge in [-0.1, -0.05) is 84.0 Å². The molecule has 0 bridgehead atoms. The molecule has 0 radical (unpaired) electrons. The quantitative estimate of drug-likeness (QED) is 0.227. The second-order valence-electron chi connectivity index (χ2n) is 8.89. The van der Waals surface area contributed by atoms with E-state index in [1.54, 1.807) is 0 Å². The number of carbonyl (C=O) groups excluding carboxylic acids is 1. The normalized spacial score (nSPS) is 17.3. The summed E-state index contributed by atoms with van der Waals surface area (Å²) in [4.78, 5) is 14.1. The highest BCUT2D eigenvalue weighted by Gasteiger charge is 2.34. The van der Waals surface area contributed by atoms with E-state index in [2.05, 4.69) is 11.8 Å². The van der Waals surface area contributed by atoms with Gasteiger partial charge >= 0.3 is 0 Å². The van der Waals surface area contributed by atoms with Crippen LogP contribution in [0.15, 0.2) is 0 Å². The number of unbranched alkanes of at least 4 members (excludes halogenated alkanes) is 11. The van der Waals surface area contributed by atoms with Crippen molar-refractivity contribution in [3.63, 3.8) is 0 Å². The molecule has 1 aliphatic heterocycles. The molecule has 1 heterocycles. The molecule has 1 fully saturated rings. The fourth-order valence-electron chi connectivity index (χ4n) is 4.18. The Morgan fingerprint density at radius 2 is 1.38 bits per heavy atom. The first kappa shape index (κ1) is 26.4. The predicted molar refractivity (Wildman–Crippen MR) is 121 cm³/mol. The van der Waals surface area contributed by atoms with Gasteiger partial charge in [-0.15, -0.1) is 0 Å². The average Bonchev–Trinajstić information content (AvgIpc) is 2.72. The number of primary amides is 1. The number of ether oxygens (including phenoxy) is 1. The number of carbonyl (C=O) groups is 1. The van der Waals surface area contributed by atoms with Crippen molar-refractivity contribution in [2.75, 3.05) is 26.2 Å². The molecule has 0 spiro atoms. The second kappa shape index (κ2) is 17.1. The van der Waals surface area contributed by atoms with E-state index in [1.165, 1.54) is 77.0 Å². The van der Waals surface area contributed by atoms with E-state index < -0.39 is 11.7 Å². The molecule has 1 unspecified atom stereocenters. The number of hydrogen-bond donors (Lipinski definition) is 2. The first-order chi connectivity index (χ1) is 14.1. The lowest BCUT2D eigenvalue weighted by atomic mass is 10.0. The first-order valence-corrected chi connectivity index (χ1v) is 12.5. The summed E-state index contributed by atoms with van der Waals surface area (Å²) in [6.45, 7) is 5.91. The third kappa shape index (κ3) is 13.3. The van der Waals surface area contributed by atoms with Crippen LogP contribution in [0.1, 0.15) is 116 Å². The van der Waals surface area contributed by atoms with Crippen LogP contribution in [0, 0.1) is 0 Å². The van der Waals surface area contributed by atoms with Crippen LogP contribution in [0.3, 0.4) is 0 Å². The molecule has 5 heteroatoms. The van der Waals surface area contributed by atoms with Crippen LogP contribution in [0.5, 0.6) is 0 Å². The maximum absolute atomic E-state index is 11.7. The third-order valence-corrected chi connectivity index (χ3v) is 6.16. The molecule has 3 N–H and O–H groups in total. The van der Waals surface area contributed by atoms with E-state index in [0.717, 1.165) is 45.3 Å². The summed E-state index contributed by atoms with van der Waals surface area (Å²) < 4.78 is 5.54. The first-order valence-electron chi connectivity index (χ1n) is 12.5. The maximum Gasteiger partial charge on any atom is 0.277 e. The molecule has 0 aromatic rings. The number of aliphatic hydroxyl groups is 1. The van der Waals surface area contributed by atoms with E-state index in [1.807, 2.05) is 0 Å². The molecule has 29 heavy (non-hydrogen) atoms. The van der Waals surface area contributed by atoms with Crippen molar-refractivity contribution in [3.8, 4) is 0 Å². The van der Waals surface area contributed by atoms with Crippen molar-refractivity contribution in [2.45, 2.75) is 122 Å². The molecule has 1 saturated heterocycles. The Labute approximate surface area is 179 Å². The monoisotopic (exact) mass is 412 g/mol. The molecule has 1 amide bonds. The van der Waals surface area contributed by atoms with Gasteiger partial charge in [-0.3, -0.25) is 4.79 Å². The Hall–Kier alpha value is -0.650. The van der Waals surface area contributed by atoms with Crippen molar-refractivity contribution in [1.29, 1.82) is 0 Å². The summed E-state index contributed by atoms with van der Waals surface area (Å²) in [5.41, 5.74) is 5.41. The number of rotatable bonds is 19. The number of nitrogens with zero attached hydrogens (tertiary/aromatic N) is 1. The SMILES string of the molecule is CCCCCCCCCCCCCCC(O)(OCCCN1CCCCC1)C(N)=O. The minimum atomic E-state index is -1.79. The zero-order valence-electron chi connectivity index (χ0n) is 19.1. The summed E-state index contributed by atoms with van der Waals surface area (Å²) in [6, 6.07) is 0. The summed E-state index contributed by atoms with van der Waals surface area (Å²) in [5.74, 6) is -2.54. The molecule has 1 rings (SSSR count). The number of piperidine rings is 1. The van der Waals surface area contributed by atoms with E-state index in [-0.39, 0.29) is 0 Å². The number of hydrogen-bond acceptors (Lipinski definition) is 4. The van der Waals surface area contributed by atoms with Gasteiger partial charge in [0.05, 0.1) is 6.61 Å². The molecule has 0 aromatic heterocycles. The Bertz CT molecular complexity index is 400. The molecule has 1 aliphatic rings. The Morgan fingerprint density at radius 1 is 0.862 bits per heavy atom. The molecule has 1 atom stereocenters. The van der Waals surface area contributed by atoms with Gasteiger partial charge in [-0.25, -0.2) is 0 Å². The minimum Gasteiger partial charge on any atom is -0.365 e. The van der Waals surface area contributed by atoms with Crippen molar-refractivity contribution in [3.05, 3.63) is 0 Å². The van der Waals surface area contributed by atoms with Gasteiger partial charge in [0.15, 0.2) is 0 Å². The van der Waals surface area contributed by atoms with Gasteiger partial charge in [0, 0.05) is 13.0 Å². The topological polar surface area (TPSA) is 75.8 Å². The molecular weight excluding hydrogens is 364 g/mol. The van der Waals surface area contributed by atoms with Crippen LogP contribution < -0.4 is 5.73 Å². The number of nitrogens with two attached hydrogens (primary N) is 1. The van der Waals surface area contributed by atoms with E-state index in [4.69, 9.17) is 10.5 Å². The lowest BCUT2D eigenvalue weighted by Gasteiger charge is -2.28. The zero-order valence-corrected chi connectivity index (χ0v) is 19.1. The summed E-state index contributed by atoms with van der Waals surface area (Å²) >= 11 is 0. The van der Waals surface area contributed by atoms with E-state index >= 15 is 0 Å². The van der Waals surface area contributed by atoms with Crippen molar-refractivity contribution in [1.82, 2.24) is 4.90 Å². The van der Waals surface area contributed by atoms with E-state index in [9.17, 15) is 9.90 Å². The molecule has 0 saturated carbocycles. The van der Waals surface area contributed by atoms with E-state index in [0.29, 0.717) is 13.0 Å². The lowest BCUT2D eigenvalue weighted by Crippen LogP contribution is -2.46. The average molecular weight is 413 g/mol. The minimum absolute atomic E-state index is 0.309. The lowest BCUT2D eigenvalue weighted by molar-refractivity contribution is -0.208. The maximum atomic E-state index is 11.7. The smallest absolute Gasteiger partial charge is 0.277 e. The van der Waals surface area contributed by atoms with Crippen LogP contribution in [-0.4, -0.2) is 47.9 Å². The van der Waals surface area contributed by atoms with Crippen LogP contribution in [0.25, 0.3) is 0 Å². The third-order valence-electron chi connectivity index (χ3n) is 6.16. The second-order valence-corrected chi connectivity index (χ2v) is 8.89. The largest absolute Gasteiger partial charge is 0.365 e. The van der Waals surface area contributed by atoms with Gasteiger partial charge < -0.3 is 20.5 Å². The highest BCUT2D eigenvalue weighted by atomic mass is 16.6. The van der Waals surface area contributed by atoms with Crippen molar-refractivity contribution < 1.29 is 14.6 Å². The zero-order chi connectivity index (χ0) is 21.2. The molecule has 172 valence electrons. The fraction of sp³-hybridized carbons (Fsp3) is 0.958. The summed E-state index contributed by atoms with van der Waals surface area (Å²) in [5, 5.41) is 10.5. The van der Waals surface area contributed by atoms with Gasteiger partial charge in [0.1, 0.15) is 0 Å². The van der Waals surface area contributed by atoms with Gasteiger partial charge in [0.25, 0.3) is 5.91 Å². The van der Waals surface area contributed by atoms with Gasteiger partial charge in [-0.2, -0.15) is 0 Å². The Morgan fingerprint density at radius 3 is 1.90 bits per heavy atom. The van der Waals surface area contributed by atoms with Gasteiger partial charge in [-0.05, 0) is 38.8 Å². The standard InChI is InChI=1S/C24H48N2O3/c1-2-3-4-5-6-7-8-9-10-11-12-14-18-24(28,23(25)27)29-22-17-21-26-19-15-13-16-20-26/h28H,2-22H2,1H3,(H2,25,27). The van der Waals surface area contributed by atoms with Crippen molar-refractivity contribution in [2.24, 2.45) is 5.73 Å².